The van der Waals surface area contributed by atoms with E-state index in [0.717, 1.165) is 23.3 Å². The van der Waals surface area contributed by atoms with Gasteiger partial charge in [0.1, 0.15) is 0 Å². The van der Waals surface area contributed by atoms with Crippen LogP contribution in [0.3, 0.4) is 0 Å². The molecule has 3 aromatic carbocycles. The normalized spacial score (nSPS) is 14.6. The number of fused-ring (bicyclic) bond motifs is 1. The van der Waals surface area contributed by atoms with Gasteiger partial charge in [0, 0.05) is 24.3 Å². The maximum Gasteiger partial charge on any atom is 0.416 e. The van der Waals surface area contributed by atoms with Crippen LogP contribution in [0.25, 0.3) is 11.1 Å². The predicted octanol–water partition coefficient (Wildman–Crippen LogP) is 5.72. The summed E-state index contributed by atoms with van der Waals surface area (Å²) in [5, 5.41) is 2.37. The number of anilines is 1. The smallest absolute Gasteiger partial charge is 0.322 e. The SMILES string of the molecule is CC(C)S(=O)(=O)N1CCc2cc(NC(=O)c3ccccc3-c3ccc(C(F)(F)F)cc3)ccc2C1. The van der Waals surface area contributed by atoms with E-state index in [0.29, 0.717) is 41.9 Å². The molecule has 0 spiro atoms. The van der Waals surface area contributed by atoms with Crippen molar-refractivity contribution in [1.29, 1.82) is 0 Å². The van der Waals surface area contributed by atoms with E-state index in [1.54, 1.807) is 44.2 Å². The zero-order valence-electron chi connectivity index (χ0n) is 19.3. The van der Waals surface area contributed by atoms with Crippen molar-refractivity contribution in [2.45, 2.75) is 38.2 Å². The minimum absolute atomic E-state index is 0.292. The number of carbonyl (C=O) groups is 1. The Kier molecular flexibility index (Phi) is 6.75. The molecule has 1 aliphatic rings. The fraction of sp³-hybridized carbons (Fsp3) is 0.269. The van der Waals surface area contributed by atoms with Gasteiger partial charge >= 0.3 is 6.18 Å². The van der Waals surface area contributed by atoms with Crippen LogP contribution in [0.4, 0.5) is 18.9 Å². The quantitative estimate of drug-likeness (QED) is 0.485. The second kappa shape index (κ2) is 9.47. The van der Waals surface area contributed by atoms with Gasteiger partial charge in [-0.3, -0.25) is 4.79 Å². The average molecular weight is 503 g/mol. The number of nitrogens with zero attached hydrogens (tertiary/aromatic N) is 1. The fourth-order valence-electron chi connectivity index (χ4n) is 4.09. The van der Waals surface area contributed by atoms with Gasteiger partial charge in [0.2, 0.25) is 10.0 Å². The van der Waals surface area contributed by atoms with E-state index in [2.05, 4.69) is 5.32 Å². The largest absolute Gasteiger partial charge is 0.416 e. The van der Waals surface area contributed by atoms with E-state index in [4.69, 9.17) is 0 Å². The summed E-state index contributed by atoms with van der Waals surface area (Å²) in [5.41, 5.74) is 3.02. The van der Waals surface area contributed by atoms with Crippen LogP contribution in [0.1, 0.15) is 40.9 Å². The van der Waals surface area contributed by atoms with E-state index < -0.39 is 27.0 Å². The van der Waals surface area contributed by atoms with E-state index in [1.165, 1.54) is 16.4 Å². The molecule has 9 heteroatoms. The molecule has 0 saturated carbocycles. The number of hydrogen-bond donors (Lipinski definition) is 1. The standard InChI is InChI=1S/C26H25F3N2O3S/c1-17(2)35(33,34)31-14-13-19-15-22(12-9-20(19)16-31)30-25(32)24-6-4-3-5-23(24)18-7-10-21(11-8-18)26(27,28)29/h3-12,15,17H,13-14,16H2,1-2H3,(H,30,32). The van der Waals surface area contributed by atoms with Gasteiger partial charge in [-0.05, 0) is 72.9 Å². The van der Waals surface area contributed by atoms with Gasteiger partial charge in [-0.25, -0.2) is 8.42 Å². The van der Waals surface area contributed by atoms with E-state index in [1.807, 2.05) is 12.1 Å². The minimum atomic E-state index is -4.43. The Morgan fingerprint density at radius 2 is 1.66 bits per heavy atom. The molecule has 0 fully saturated rings. The highest BCUT2D eigenvalue weighted by atomic mass is 32.2. The number of nitrogens with one attached hydrogen (secondary N) is 1. The molecule has 0 unspecified atom stereocenters. The van der Waals surface area contributed by atoms with Crippen LogP contribution < -0.4 is 5.32 Å². The lowest BCUT2D eigenvalue weighted by Crippen LogP contribution is -2.39. The maximum atomic E-state index is 13.1. The molecule has 184 valence electrons. The molecule has 1 N–H and O–H groups in total. The zero-order chi connectivity index (χ0) is 25.4. The second-order valence-corrected chi connectivity index (χ2v) is 11.2. The van der Waals surface area contributed by atoms with Crippen molar-refractivity contribution in [3.05, 3.63) is 89.0 Å². The van der Waals surface area contributed by atoms with Crippen molar-refractivity contribution >= 4 is 21.6 Å². The van der Waals surface area contributed by atoms with Gasteiger partial charge in [0.05, 0.1) is 10.8 Å². The fourth-order valence-corrected chi connectivity index (χ4v) is 5.35. The van der Waals surface area contributed by atoms with Crippen molar-refractivity contribution in [2.24, 2.45) is 0 Å². The molecular weight excluding hydrogens is 477 g/mol. The summed E-state index contributed by atoms with van der Waals surface area (Å²) in [6.45, 7) is 3.99. The first kappa shape index (κ1) is 24.9. The molecule has 0 aromatic heterocycles. The Hall–Kier alpha value is -3.17. The van der Waals surface area contributed by atoms with Gasteiger partial charge in [0.15, 0.2) is 0 Å². The number of hydrogen-bond acceptors (Lipinski definition) is 3. The molecule has 0 saturated heterocycles. The third-order valence-corrected chi connectivity index (χ3v) is 8.31. The summed E-state index contributed by atoms with van der Waals surface area (Å²) in [5.74, 6) is -0.389. The third kappa shape index (κ3) is 5.26. The summed E-state index contributed by atoms with van der Waals surface area (Å²) in [6.07, 6.45) is -3.90. The minimum Gasteiger partial charge on any atom is -0.322 e. The van der Waals surface area contributed by atoms with Crippen LogP contribution in [0, 0.1) is 0 Å². The highest BCUT2D eigenvalue weighted by Gasteiger charge is 2.31. The average Bonchev–Trinajstić information content (AvgIpc) is 2.83. The summed E-state index contributed by atoms with van der Waals surface area (Å²) >= 11 is 0. The molecule has 1 heterocycles. The van der Waals surface area contributed by atoms with E-state index >= 15 is 0 Å². The number of amides is 1. The first-order valence-electron chi connectivity index (χ1n) is 11.2. The van der Waals surface area contributed by atoms with Crippen molar-refractivity contribution in [3.8, 4) is 11.1 Å². The molecule has 1 amide bonds. The summed E-state index contributed by atoms with van der Waals surface area (Å²) in [7, 11) is -3.35. The second-order valence-electron chi connectivity index (χ2n) is 8.74. The molecule has 35 heavy (non-hydrogen) atoms. The van der Waals surface area contributed by atoms with Crippen LogP contribution >= 0.6 is 0 Å². The van der Waals surface area contributed by atoms with Crippen molar-refractivity contribution in [1.82, 2.24) is 4.31 Å². The summed E-state index contributed by atoms with van der Waals surface area (Å²) in [6, 6.07) is 16.8. The Morgan fingerprint density at radius 1 is 0.971 bits per heavy atom. The molecular formula is C26H25F3N2O3S. The highest BCUT2D eigenvalue weighted by Crippen LogP contribution is 2.32. The Bertz CT molecular complexity index is 1350. The number of benzene rings is 3. The van der Waals surface area contributed by atoms with Gasteiger partial charge < -0.3 is 5.32 Å². The number of carbonyl (C=O) groups excluding carboxylic acids is 1. The summed E-state index contributed by atoms with van der Waals surface area (Å²) in [4.78, 5) is 13.1. The lowest BCUT2D eigenvalue weighted by atomic mass is 9.97. The molecule has 0 atom stereocenters. The predicted molar refractivity (Wildman–Crippen MR) is 129 cm³/mol. The zero-order valence-corrected chi connectivity index (χ0v) is 20.1. The van der Waals surface area contributed by atoms with Crippen LogP contribution in [-0.2, 0) is 29.2 Å². The van der Waals surface area contributed by atoms with Gasteiger partial charge in [-0.2, -0.15) is 17.5 Å². The van der Waals surface area contributed by atoms with Crippen LogP contribution in [0.15, 0.2) is 66.7 Å². The highest BCUT2D eigenvalue weighted by molar-refractivity contribution is 7.89. The van der Waals surface area contributed by atoms with Crippen LogP contribution in [0.2, 0.25) is 0 Å². The van der Waals surface area contributed by atoms with Crippen molar-refractivity contribution in [3.63, 3.8) is 0 Å². The molecule has 0 aliphatic carbocycles. The van der Waals surface area contributed by atoms with Gasteiger partial charge in [0.25, 0.3) is 5.91 Å². The molecule has 0 bridgehead atoms. The van der Waals surface area contributed by atoms with Gasteiger partial charge in [-0.15, -0.1) is 0 Å². The van der Waals surface area contributed by atoms with E-state index in [-0.39, 0.29) is 5.91 Å². The Morgan fingerprint density at radius 3 is 2.31 bits per heavy atom. The third-order valence-electron chi connectivity index (χ3n) is 6.09. The number of sulfonamides is 1. The molecule has 0 radical (unpaired) electrons. The number of halogens is 3. The van der Waals surface area contributed by atoms with Crippen molar-refractivity contribution in [2.75, 3.05) is 11.9 Å². The maximum absolute atomic E-state index is 13.1. The lowest BCUT2D eigenvalue weighted by Gasteiger charge is -2.29. The Balaban J connectivity index is 1.54. The van der Waals surface area contributed by atoms with Gasteiger partial charge in [-0.1, -0.05) is 36.4 Å². The summed E-state index contributed by atoms with van der Waals surface area (Å²) < 4.78 is 65.2. The molecule has 1 aliphatic heterocycles. The monoisotopic (exact) mass is 502 g/mol. The Labute approximate surface area is 202 Å². The van der Waals surface area contributed by atoms with Crippen molar-refractivity contribution < 1.29 is 26.4 Å². The molecule has 4 rings (SSSR count). The lowest BCUT2D eigenvalue weighted by molar-refractivity contribution is -0.137. The topological polar surface area (TPSA) is 66.5 Å². The molecule has 5 nitrogen and oxygen atoms in total. The van der Waals surface area contributed by atoms with E-state index in [9.17, 15) is 26.4 Å². The first-order chi connectivity index (χ1) is 16.5. The number of rotatable bonds is 5. The van der Waals surface area contributed by atoms with Crippen LogP contribution in [-0.4, -0.2) is 30.4 Å². The number of alkyl halides is 3. The first-order valence-corrected chi connectivity index (χ1v) is 12.7. The van der Waals surface area contributed by atoms with Crippen LogP contribution in [0.5, 0.6) is 0 Å². The molecule has 3 aromatic rings.